The molecular weight excluding hydrogens is 400 g/mol. The van der Waals surface area contributed by atoms with Gasteiger partial charge in [-0.25, -0.2) is 4.98 Å². The van der Waals surface area contributed by atoms with E-state index < -0.39 is 0 Å². The molecule has 3 rings (SSSR count). The summed E-state index contributed by atoms with van der Waals surface area (Å²) in [6.45, 7) is 1.39. The molecule has 1 aromatic carbocycles. The molecule has 9 heteroatoms. The van der Waals surface area contributed by atoms with Crippen LogP contribution in [0, 0.1) is 5.92 Å². The molecule has 1 unspecified atom stereocenters. The van der Waals surface area contributed by atoms with Gasteiger partial charge in [0.25, 0.3) is 0 Å². The van der Waals surface area contributed by atoms with E-state index in [4.69, 9.17) is 19.9 Å². The number of nitrogens with zero attached hydrogens (tertiary/aromatic N) is 2. The Labute approximate surface area is 181 Å². The number of methoxy groups -OCH3 is 3. The zero-order chi connectivity index (χ0) is 22.4. The third-order valence-electron chi connectivity index (χ3n) is 5.27. The summed E-state index contributed by atoms with van der Waals surface area (Å²) in [6.07, 6.45) is 3.44. The van der Waals surface area contributed by atoms with E-state index in [0.717, 1.165) is 30.8 Å². The topological polar surface area (TPSA) is 116 Å². The number of pyridine rings is 1. The molecule has 1 atom stereocenters. The fourth-order valence-corrected chi connectivity index (χ4v) is 3.69. The Morgan fingerprint density at radius 3 is 2.42 bits per heavy atom. The quantitative estimate of drug-likeness (QED) is 0.660. The third kappa shape index (κ3) is 5.36. The van der Waals surface area contributed by atoms with Crippen molar-refractivity contribution in [2.75, 3.05) is 44.6 Å². The summed E-state index contributed by atoms with van der Waals surface area (Å²) in [6, 6.07) is 7.11. The zero-order valence-corrected chi connectivity index (χ0v) is 18.0. The summed E-state index contributed by atoms with van der Waals surface area (Å²) in [4.78, 5) is 30.5. The molecule has 3 N–H and O–H groups in total. The summed E-state index contributed by atoms with van der Waals surface area (Å²) in [7, 11) is 4.59. The van der Waals surface area contributed by atoms with Crippen LogP contribution in [0.5, 0.6) is 17.2 Å². The van der Waals surface area contributed by atoms with Gasteiger partial charge in [0.1, 0.15) is 5.82 Å². The average Bonchev–Trinajstić information content (AvgIpc) is 2.78. The fraction of sp³-hybridized carbons (Fsp3) is 0.409. The van der Waals surface area contributed by atoms with Gasteiger partial charge in [0.2, 0.25) is 17.6 Å². The lowest BCUT2D eigenvalue weighted by molar-refractivity contribution is -0.122. The van der Waals surface area contributed by atoms with Crippen molar-refractivity contribution in [1.29, 1.82) is 0 Å². The minimum Gasteiger partial charge on any atom is -0.493 e. The van der Waals surface area contributed by atoms with Crippen molar-refractivity contribution in [3.63, 3.8) is 0 Å². The van der Waals surface area contributed by atoms with Gasteiger partial charge in [0, 0.05) is 13.1 Å². The van der Waals surface area contributed by atoms with E-state index in [2.05, 4.69) is 10.3 Å². The largest absolute Gasteiger partial charge is 0.493 e. The van der Waals surface area contributed by atoms with E-state index in [1.807, 2.05) is 11.0 Å². The molecule has 2 amide bonds. The van der Waals surface area contributed by atoms with Crippen molar-refractivity contribution in [3.05, 3.63) is 36.0 Å². The number of benzene rings is 1. The lowest BCUT2D eigenvalue weighted by atomic mass is 9.97. The van der Waals surface area contributed by atoms with E-state index in [1.165, 1.54) is 21.3 Å². The predicted octanol–water partition coefficient (Wildman–Crippen LogP) is 1.99. The first kappa shape index (κ1) is 22.2. The number of aromatic nitrogens is 1. The second kappa shape index (κ2) is 10.0. The molecule has 1 fully saturated rings. The van der Waals surface area contributed by atoms with Gasteiger partial charge in [-0.15, -0.1) is 0 Å². The van der Waals surface area contributed by atoms with Gasteiger partial charge >= 0.3 is 0 Å². The molecule has 1 aliphatic heterocycles. The highest BCUT2D eigenvalue weighted by Crippen LogP contribution is 2.38. The number of carbonyl (C=O) groups excluding carboxylic acids is 2. The summed E-state index contributed by atoms with van der Waals surface area (Å²) in [5, 5.41) is 2.84. The number of nitrogens with one attached hydrogen (secondary N) is 1. The first-order chi connectivity index (χ1) is 14.9. The number of hydrogen-bond donors (Lipinski definition) is 2. The Balaban J connectivity index is 1.64. The van der Waals surface area contributed by atoms with Crippen LogP contribution in [0.2, 0.25) is 0 Å². The van der Waals surface area contributed by atoms with Gasteiger partial charge in [-0.3, -0.25) is 9.59 Å². The number of amides is 2. The summed E-state index contributed by atoms with van der Waals surface area (Å²) in [5.41, 5.74) is 6.76. The maximum absolute atomic E-state index is 12.5. The molecule has 2 heterocycles. The molecule has 1 aliphatic rings. The summed E-state index contributed by atoms with van der Waals surface area (Å²) < 4.78 is 16.0. The molecule has 31 heavy (non-hydrogen) atoms. The van der Waals surface area contributed by atoms with Gasteiger partial charge in [0.05, 0.1) is 45.6 Å². The van der Waals surface area contributed by atoms with Crippen LogP contribution in [-0.2, 0) is 16.0 Å². The van der Waals surface area contributed by atoms with Crippen LogP contribution in [0.1, 0.15) is 18.4 Å². The van der Waals surface area contributed by atoms with Crippen molar-refractivity contribution >= 4 is 23.3 Å². The second-order valence-corrected chi connectivity index (χ2v) is 7.35. The van der Waals surface area contributed by atoms with E-state index in [9.17, 15) is 9.59 Å². The zero-order valence-electron chi connectivity index (χ0n) is 18.0. The highest BCUT2D eigenvalue weighted by atomic mass is 16.5. The smallest absolute Gasteiger partial charge is 0.228 e. The minimum atomic E-state index is -0.277. The molecule has 1 saturated heterocycles. The molecule has 0 radical (unpaired) electrons. The fourth-order valence-electron chi connectivity index (χ4n) is 3.69. The van der Waals surface area contributed by atoms with Crippen LogP contribution in [-0.4, -0.2) is 51.2 Å². The lowest BCUT2D eigenvalue weighted by Crippen LogP contribution is -2.41. The van der Waals surface area contributed by atoms with Crippen molar-refractivity contribution in [3.8, 4) is 17.2 Å². The molecule has 1 aromatic heterocycles. The van der Waals surface area contributed by atoms with Crippen LogP contribution in [0.25, 0.3) is 0 Å². The Bertz CT molecular complexity index is 907. The molecule has 2 aromatic rings. The van der Waals surface area contributed by atoms with Crippen LogP contribution in [0.3, 0.4) is 0 Å². The van der Waals surface area contributed by atoms with Crippen LogP contribution in [0.15, 0.2) is 30.5 Å². The highest BCUT2D eigenvalue weighted by molar-refractivity contribution is 5.92. The van der Waals surface area contributed by atoms with Gasteiger partial charge in [-0.05, 0) is 42.7 Å². The third-order valence-corrected chi connectivity index (χ3v) is 5.27. The molecule has 9 nitrogen and oxygen atoms in total. The number of ether oxygens (including phenoxy) is 3. The standard InChI is InChI=1S/C22H28N4O5/c1-29-17-9-14(10-18(30-2)21(17)31-3)11-20(27)25-16-6-7-19(24-12-16)26-8-4-5-15(13-26)22(23)28/h6-7,9-10,12,15H,4-5,8,11,13H2,1-3H3,(H2,23,28)(H,25,27). The first-order valence-electron chi connectivity index (χ1n) is 10.0. The molecular formula is C22H28N4O5. The van der Waals surface area contributed by atoms with Gasteiger partial charge in [0.15, 0.2) is 11.5 Å². The Kier molecular flexibility index (Phi) is 7.17. The maximum Gasteiger partial charge on any atom is 0.228 e. The van der Waals surface area contributed by atoms with Crippen molar-refractivity contribution in [1.82, 2.24) is 4.98 Å². The highest BCUT2D eigenvalue weighted by Gasteiger charge is 2.24. The number of nitrogens with two attached hydrogens (primary N) is 1. The van der Waals surface area contributed by atoms with E-state index in [0.29, 0.717) is 29.5 Å². The Morgan fingerprint density at radius 1 is 1.16 bits per heavy atom. The molecule has 0 aliphatic carbocycles. The first-order valence-corrected chi connectivity index (χ1v) is 10.0. The van der Waals surface area contributed by atoms with Gasteiger partial charge in [-0.1, -0.05) is 0 Å². The van der Waals surface area contributed by atoms with Crippen molar-refractivity contribution < 1.29 is 23.8 Å². The number of carbonyl (C=O) groups is 2. The van der Waals surface area contributed by atoms with Crippen LogP contribution < -0.4 is 30.2 Å². The summed E-state index contributed by atoms with van der Waals surface area (Å²) in [5.74, 6) is 1.58. The van der Waals surface area contributed by atoms with E-state index >= 15 is 0 Å². The maximum atomic E-state index is 12.5. The number of rotatable bonds is 8. The minimum absolute atomic E-state index is 0.130. The Hall–Kier alpha value is -3.49. The number of hydrogen-bond acceptors (Lipinski definition) is 7. The van der Waals surface area contributed by atoms with Gasteiger partial charge < -0.3 is 30.2 Å². The normalized spacial score (nSPS) is 15.8. The number of primary amides is 1. The molecule has 166 valence electrons. The second-order valence-electron chi connectivity index (χ2n) is 7.35. The number of piperidine rings is 1. The lowest BCUT2D eigenvalue weighted by Gasteiger charge is -2.32. The van der Waals surface area contributed by atoms with E-state index in [1.54, 1.807) is 24.4 Å². The van der Waals surface area contributed by atoms with Crippen LogP contribution in [0.4, 0.5) is 11.5 Å². The number of anilines is 2. The van der Waals surface area contributed by atoms with E-state index in [-0.39, 0.29) is 24.2 Å². The molecule has 0 saturated carbocycles. The molecule has 0 spiro atoms. The Morgan fingerprint density at radius 2 is 1.87 bits per heavy atom. The van der Waals surface area contributed by atoms with Crippen molar-refractivity contribution in [2.45, 2.75) is 19.3 Å². The monoisotopic (exact) mass is 428 g/mol. The van der Waals surface area contributed by atoms with Crippen LogP contribution >= 0.6 is 0 Å². The summed E-state index contributed by atoms with van der Waals surface area (Å²) >= 11 is 0. The van der Waals surface area contributed by atoms with Gasteiger partial charge in [-0.2, -0.15) is 0 Å². The van der Waals surface area contributed by atoms with Crippen molar-refractivity contribution in [2.24, 2.45) is 11.7 Å². The SMILES string of the molecule is COc1cc(CC(=O)Nc2ccc(N3CCCC(C(N)=O)C3)nc2)cc(OC)c1OC. The predicted molar refractivity (Wildman–Crippen MR) is 117 cm³/mol. The average molecular weight is 428 g/mol. The molecule has 0 bridgehead atoms.